The molecule has 1 rings (SSSR count). The van der Waals surface area contributed by atoms with Gasteiger partial charge in [-0.2, -0.15) is 0 Å². The topological polar surface area (TPSA) is 210 Å². The molecule has 1 fully saturated rings. The first-order valence-electron chi connectivity index (χ1n) is 18.0. The predicted octanol–water partition coefficient (Wildman–Crippen LogP) is 4.77. The fraction of sp³-hybridized carbons (Fsp3) is 0.882. The van der Waals surface area contributed by atoms with Crippen LogP contribution in [0.4, 0.5) is 0 Å². The maximum absolute atomic E-state index is 12.7. The van der Waals surface area contributed by atoms with E-state index in [1.807, 2.05) is 0 Å². The standard InChI is InChI=1S/C34H63O13P/c1-3-5-7-9-11-13-15-17-19-21-23-28(36)46-26(24-44-27(35)22-20-18-16-14-12-10-8-6-4-2)25-45-48(42,43)47-34-32(40)30(38)29(37)31(39)33(34)41/h7,9,26,29-34,37-41H,3-6,8,10-25H2,1-2H3,(H,42,43)/b9-7-. The molecule has 1 saturated carbocycles. The summed E-state index contributed by atoms with van der Waals surface area (Å²) in [6, 6.07) is 0. The molecule has 0 aliphatic heterocycles. The summed E-state index contributed by atoms with van der Waals surface area (Å²) in [5.41, 5.74) is 0. The highest BCUT2D eigenvalue weighted by atomic mass is 31.2. The van der Waals surface area contributed by atoms with E-state index in [0.29, 0.717) is 12.8 Å². The van der Waals surface area contributed by atoms with Crippen LogP contribution in [0.25, 0.3) is 0 Å². The van der Waals surface area contributed by atoms with E-state index in [0.717, 1.165) is 64.2 Å². The smallest absolute Gasteiger partial charge is 0.462 e. The molecule has 0 amide bonds. The summed E-state index contributed by atoms with van der Waals surface area (Å²) in [5.74, 6) is -1.12. The Morgan fingerprint density at radius 3 is 1.67 bits per heavy atom. The van der Waals surface area contributed by atoms with Crippen molar-refractivity contribution in [3.63, 3.8) is 0 Å². The van der Waals surface area contributed by atoms with Gasteiger partial charge in [0.05, 0.1) is 6.61 Å². The largest absolute Gasteiger partial charge is 0.472 e. The summed E-state index contributed by atoms with van der Waals surface area (Å²) in [6.45, 7) is 3.15. The van der Waals surface area contributed by atoms with Gasteiger partial charge >= 0.3 is 19.8 Å². The van der Waals surface area contributed by atoms with Crippen molar-refractivity contribution in [1.82, 2.24) is 0 Å². The van der Waals surface area contributed by atoms with E-state index in [4.69, 9.17) is 18.5 Å². The van der Waals surface area contributed by atoms with E-state index in [9.17, 15) is 44.6 Å². The molecule has 13 nitrogen and oxygen atoms in total. The number of esters is 2. The zero-order valence-corrected chi connectivity index (χ0v) is 29.9. The molecule has 48 heavy (non-hydrogen) atoms. The zero-order chi connectivity index (χ0) is 35.8. The molecule has 1 aliphatic rings. The van der Waals surface area contributed by atoms with Crippen molar-refractivity contribution in [3.05, 3.63) is 12.2 Å². The lowest BCUT2D eigenvalue weighted by Gasteiger charge is -2.41. The lowest BCUT2D eigenvalue weighted by atomic mass is 9.85. The van der Waals surface area contributed by atoms with Gasteiger partial charge in [0.2, 0.25) is 0 Å². The number of rotatable bonds is 28. The first-order valence-corrected chi connectivity index (χ1v) is 19.5. The molecule has 6 N–H and O–H groups in total. The summed E-state index contributed by atoms with van der Waals surface area (Å²) in [4.78, 5) is 35.2. The number of phosphoric ester groups is 1. The molecule has 14 heteroatoms. The monoisotopic (exact) mass is 710 g/mol. The van der Waals surface area contributed by atoms with Crippen LogP contribution in [0.2, 0.25) is 0 Å². The first-order chi connectivity index (χ1) is 22.9. The second-order valence-electron chi connectivity index (χ2n) is 12.7. The van der Waals surface area contributed by atoms with E-state index in [-0.39, 0.29) is 12.8 Å². The van der Waals surface area contributed by atoms with Crippen LogP contribution < -0.4 is 0 Å². The van der Waals surface area contributed by atoms with Gasteiger partial charge in [-0.15, -0.1) is 0 Å². The van der Waals surface area contributed by atoms with Crippen LogP contribution in [0.1, 0.15) is 136 Å². The third kappa shape index (κ3) is 19.7. The fourth-order valence-electron chi connectivity index (χ4n) is 5.35. The minimum Gasteiger partial charge on any atom is -0.462 e. The van der Waals surface area contributed by atoms with E-state index in [2.05, 4.69) is 26.0 Å². The Labute approximate surface area is 286 Å². The Morgan fingerprint density at radius 2 is 1.10 bits per heavy atom. The Kier molecular flexibility index (Phi) is 24.5. The Morgan fingerprint density at radius 1 is 0.625 bits per heavy atom. The van der Waals surface area contributed by atoms with Gasteiger partial charge in [-0.1, -0.05) is 103 Å². The quantitative estimate of drug-likeness (QED) is 0.0280. The number of carbonyl (C=O) groups is 2. The highest BCUT2D eigenvalue weighted by Gasteiger charge is 2.51. The number of unbranched alkanes of at least 4 members (excludes halogenated alkanes) is 14. The number of ether oxygens (including phenoxy) is 2. The number of aliphatic hydroxyl groups is 5. The van der Waals surface area contributed by atoms with Crippen molar-refractivity contribution in [1.29, 1.82) is 0 Å². The summed E-state index contributed by atoms with van der Waals surface area (Å²) in [6.07, 6.45) is 8.91. The minimum atomic E-state index is -5.10. The second kappa shape index (κ2) is 26.4. The van der Waals surface area contributed by atoms with Gasteiger partial charge < -0.3 is 39.9 Å². The van der Waals surface area contributed by atoms with Crippen molar-refractivity contribution < 1.29 is 63.1 Å². The molecule has 6 unspecified atom stereocenters. The van der Waals surface area contributed by atoms with Crippen molar-refractivity contribution in [2.24, 2.45) is 0 Å². The number of aliphatic hydroxyl groups excluding tert-OH is 5. The van der Waals surface area contributed by atoms with Crippen LogP contribution in [0.5, 0.6) is 0 Å². The van der Waals surface area contributed by atoms with Crippen LogP contribution in [0, 0.1) is 0 Å². The number of hydrogen-bond donors (Lipinski definition) is 6. The van der Waals surface area contributed by atoms with E-state index >= 15 is 0 Å². The lowest BCUT2D eigenvalue weighted by Crippen LogP contribution is -2.64. The van der Waals surface area contributed by atoms with Crippen molar-refractivity contribution in [2.75, 3.05) is 13.2 Å². The van der Waals surface area contributed by atoms with Gasteiger partial charge in [-0.25, -0.2) is 4.57 Å². The molecule has 0 heterocycles. The van der Waals surface area contributed by atoms with Gasteiger partial charge in [-0.3, -0.25) is 18.6 Å². The van der Waals surface area contributed by atoms with Crippen molar-refractivity contribution in [3.8, 4) is 0 Å². The molecule has 282 valence electrons. The molecule has 0 aromatic heterocycles. The average Bonchev–Trinajstić information content (AvgIpc) is 3.06. The van der Waals surface area contributed by atoms with Crippen LogP contribution in [0.15, 0.2) is 12.2 Å². The van der Waals surface area contributed by atoms with E-state index in [1.54, 1.807) is 0 Å². The third-order valence-electron chi connectivity index (χ3n) is 8.34. The molecular formula is C34H63O13P. The van der Waals surface area contributed by atoms with E-state index < -0.39 is 75.7 Å². The number of hydrogen-bond acceptors (Lipinski definition) is 12. The first kappa shape index (κ1) is 44.6. The van der Waals surface area contributed by atoms with Gasteiger partial charge in [0.1, 0.15) is 43.2 Å². The molecule has 6 atom stereocenters. The molecule has 0 radical (unpaired) electrons. The summed E-state index contributed by atoms with van der Waals surface area (Å²) in [7, 11) is -5.10. The number of allylic oxidation sites excluding steroid dienone is 2. The average molecular weight is 711 g/mol. The normalized spacial score (nSPS) is 24.8. The lowest BCUT2D eigenvalue weighted by molar-refractivity contribution is -0.220. The van der Waals surface area contributed by atoms with Crippen LogP contribution in [-0.2, 0) is 32.7 Å². The Bertz CT molecular complexity index is 917. The molecule has 0 spiro atoms. The van der Waals surface area contributed by atoms with Gasteiger partial charge in [0.25, 0.3) is 0 Å². The summed E-state index contributed by atoms with van der Waals surface area (Å²) >= 11 is 0. The third-order valence-corrected chi connectivity index (χ3v) is 9.32. The van der Waals surface area contributed by atoms with Gasteiger partial charge in [0.15, 0.2) is 6.10 Å². The fourth-order valence-corrected chi connectivity index (χ4v) is 6.32. The Balaban J connectivity index is 2.59. The molecule has 0 aromatic carbocycles. The molecule has 1 aliphatic carbocycles. The Hall–Kier alpha value is -1.41. The zero-order valence-electron chi connectivity index (χ0n) is 29.0. The molecule has 0 aromatic rings. The van der Waals surface area contributed by atoms with E-state index in [1.165, 1.54) is 32.1 Å². The molecule has 0 saturated heterocycles. The summed E-state index contributed by atoms with van der Waals surface area (Å²) in [5, 5.41) is 49.8. The maximum atomic E-state index is 12.7. The van der Waals surface area contributed by atoms with Crippen molar-refractivity contribution in [2.45, 2.75) is 179 Å². The maximum Gasteiger partial charge on any atom is 0.472 e. The van der Waals surface area contributed by atoms with Gasteiger partial charge in [-0.05, 0) is 32.1 Å². The molecule has 0 bridgehead atoms. The second-order valence-corrected chi connectivity index (χ2v) is 14.1. The SMILES string of the molecule is CCC/C=C\CCCCCCCC(=O)OC(COC(=O)CCCCCCCCCCC)COP(=O)(O)OC1C(O)C(O)C(O)C(O)C1O. The van der Waals surface area contributed by atoms with Crippen LogP contribution >= 0.6 is 7.82 Å². The highest BCUT2D eigenvalue weighted by Crippen LogP contribution is 2.47. The predicted molar refractivity (Wildman–Crippen MR) is 180 cm³/mol. The molecular weight excluding hydrogens is 647 g/mol. The van der Waals surface area contributed by atoms with Crippen molar-refractivity contribution >= 4 is 19.8 Å². The summed E-state index contributed by atoms with van der Waals surface area (Å²) < 4.78 is 33.2. The highest BCUT2D eigenvalue weighted by molar-refractivity contribution is 7.47. The van der Waals surface area contributed by atoms with Gasteiger partial charge in [0, 0.05) is 12.8 Å². The number of phosphoric acid groups is 1. The number of carbonyl (C=O) groups excluding carboxylic acids is 2. The van der Waals surface area contributed by atoms with Crippen LogP contribution in [-0.4, -0.2) is 98.3 Å². The van der Waals surface area contributed by atoms with Crippen LogP contribution in [0.3, 0.4) is 0 Å². The minimum absolute atomic E-state index is 0.0884.